The molecule has 0 radical (unpaired) electrons. The lowest BCUT2D eigenvalue weighted by molar-refractivity contribution is -0.384. The van der Waals surface area contributed by atoms with E-state index in [1.807, 2.05) is 0 Å². The molecule has 0 aliphatic carbocycles. The van der Waals surface area contributed by atoms with E-state index >= 15 is 0 Å². The third kappa shape index (κ3) is 4.75. The summed E-state index contributed by atoms with van der Waals surface area (Å²) in [6, 6.07) is 9.34. The average molecular weight is 314 g/mol. The summed E-state index contributed by atoms with van der Waals surface area (Å²) < 4.78 is 29.5. The van der Waals surface area contributed by atoms with Crippen molar-refractivity contribution in [3.8, 4) is 0 Å². The molecule has 1 aromatic carbocycles. The summed E-state index contributed by atoms with van der Waals surface area (Å²) in [6.45, 7) is 0.372. The molecule has 0 saturated carbocycles. The van der Waals surface area contributed by atoms with Crippen LogP contribution >= 0.6 is 11.8 Å². The Kier molecular flexibility index (Phi) is 5.15. The lowest BCUT2D eigenvalue weighted by Gasteiger charge is -2.04. The number of thioether (sulfide) groups is 1. The lowest BCUT2D eigenvalue weighted by Crippen LogP contribution is -1.98. The molecule has 0 unspecified atom stereocenters. The van der Waals surface area contributed by atoms with Gasteiger partial charge in [-0.25, -0.2) is 0 Å². The number of halogens is 2. The molecule has 0 saturated heterocycles. The van der Waals surface area contributed by atoms with Crippen molar-refractivity contribution < 1.29 is 18.1 Å². The van der Waals surface area contributed by atoms with E-state index in [0.29, 0.717) is 35.5 Å². The number of nitro benzene ring substituents is 1. The smallest absolute Gasteiger partial charge is 0.284 e. The van der Waals surface area contributed by atoms with E-state index in [1.165, 1.54) is 12.1 Å². The van der Waals surface area contributed by atoms with Gasteiger partial charge in [0.15, 0.2) is 0 Å². The number of rotatable bonds is 7. The minimum absolute atomic E-state index is 0.0184. The van der Waals surface area contributed by atoms with Gasteiger partial charge in [0.25, 0.3) is 11.4 Å². The second-order valence-electron chi connectivity index (χ2n) is 4.10. The van der Waals surface area contributed by atoms with Crippen LogP contribution in [0.3, 0.4) is 0 Å². The Balaban J connectivity index is 1.86. The van der Waals surface area contributed by atoms with Crippen molar-refractivity contribution >= 4 is 23.1 Å². The largest absolute Gasteiger partial charge is 0.463 e. The van der Waals surface area contributed by atoms with Gasteiger partial charge in [0.1, 0.15) is 11.5 Å². The van der Waals surface area contributed by atoms with Crippen molar-refractivity contribution in [1.82, 2.24) is 0 Å². The molecule has 0 atom stereocenters. The monoisotopic (exact) mass is 314 g/mol. The summed E-state index contributed by atoms with van der Waals surface area (Å²) in [5.74, 6) is -1.20. The number of furan rings is 1. The van der Waals surface area contributed by atoms with Crippen LogP contribution in [-0.4, -0.2) is 10.7 Å². The van der Waals surface area contributed by atoms with Gasteiger partial charge >= 0.3 is 0 Å². The van der Waals surface area contributed by atoms with E-state index in [1.54, 1.807) is 24.3 Å². The maximum Gasteiger partial charge on any atom is 0.284 e. The van der Waals surface area contributed by atoms with Crippen LogP contribution in [0.15, 0.2) is 40.8 Å². The quantitative estimate of drug-likeness (QED) is 0.611. The SMILES string of the molecule is O=[N+]([O-])c1ccc(NCc2ccc(CSC(F)F)o2)cc1. The van der Waals surface area contributed by atoms with Crippen LogP contribution < -0.4 is 5.32 Å². The molecule has 0 spiro atoms. The van der Waals surface area contributed by atoms with E-state index in [2.05, 4.69) is 5.32 Å². The molecule has 0 aliphatic rings. The Hall–Kier alpha value is -2.09. The van der Waals surface area contributed by atoms with Gasteiger partial charge < -0.3 is 9.73 Å². The fourth-order valence-corrected chi connectivity index (χ4v) is 2.08. The molecular formula is C13H12F2N2O3S. The number of hydrogen-bond acceptors (Lipinski definition) is 5. The first kappa shape index (κ1) is 15.3. The van der Waals surface area contributed by atoms with Crippen molar-refractivity contribution in [1.29, 1.82) is 0 Å². The Morgan fingerprint density at radius 2 is 1.86 bits per heavy atom. The number of nitro groups is 1. The van der Waals surface area contributed by atoms with E-state index in [-0.39, 0.29) is 11.4 Å². The lowest BCUT2D eigenvalue weighted by atomic mass is 10.3. The highest BCUT2D eigenvalue weighted by Gasteiger charge is 2.08. The third-order valence-corrected chi connectivity index (χ3v) is 3.32. The van der Waals surface area contributed by atoms with Gasteiger partial charge in [-0.3, -0.25) is 10.1 Å². The van der Waals surface area contributed by atoms with E-state index < -0.39 is 10.7 Å². The Morgan fingerprint density at radius 3 is 2.48 bits per heavy atom. The van der Waals surface area contributed by atoms with Gasteiger partial charge in [0.05, 0.1) is 17.2 Å². The van der Waals surface area contributed by atoms with Crippen LogP contribution in [0, 0.1) is 10.1 Å². The normalized spacial score (nSPS) is 10.8. The second kappa shape index (κ2) is 7.07. The number of nitrogens with zero attached hydrogens (tertiary/aromatic N) is 1. The van der Waals surface area contributed by atoms with Crippen molar-refractivity contribution in [2.24, 2.45) is 0 Å². The van der Waals surface area contributed by atoms with Gasteiger partial charge in [0, 0.05) is 17.8 Å². The van der Waals surface area contributed by atoms with Crippen molar-refractivity contribution in [2.75, 3.05) is 5.32 Å². The first-order chi connectivity index (χ1) is 10.0. The van der Waals surface area contributed by atoms with Crippen LogP contribution in [0.25, 0.3) is 0 Å². The van der Waals surface area contributed by atoms with Crippen LogP contribution in [-0.2, 0) is 12.3 Å². The maximum atomic E-state index is 12.0. The van der Waals surface area contributed by atoms with Crippen molar-refractivity contribution in [3.05, 3.63) is 58.0 Å². The molecule has 5 nitrogen and oxygen atoms in total. The van der Waals surface area contributed by atoms with Crippen LogP contribution in [0.1, 0.15) is 11.5 Å². The minimum Gasteiger partial charge on any atom is -0.463 e. The molecule has 0 fully saturated rings. The fraction of sp³-hybridized carbons (Fsp3) is 0.231. The zero-order valence-electron chi connectivity index (χ0n) is 10.8. The summed E-state index contributed by atoms with van der Waals surface area (Å²) in [5.41, 5.74) is 0.727. The number of anilines is 1. The van der Waals surface area contributed by atoms with Gasteiger partial charge in [-0.1, -0.05) is 11.8 Å². The highest BCUT2D eigenvalue weighted by molar-refractivity contribution is 7.98. The summed E-state index contributed by atoms with van der Waals surface area (Å²) in [4.78, 5) is 10.0. The van der Waals surface area contributed by atoms with Crippen LogP contribution in [0.4, 0.5) is 20.2 Å². The summed E-state index contributed by atoms with van der Waals surface area (Å²) in [5, 5.41) is 13.6. The standard InChI is InChI=1S/C13H12F2N2O3S/c14-13(15)21-8-12-6-5-11(20-12)7-16-9-1-3-10(4-2-9)17(18)19/h1-6,13,16H,7-8H2. The molecule has 0 bridgehead atoms. The zero-order valence-corrected chi connectivity index (χ0v) is 11.6. The number of benzene rings is 1. The topological polar surface area (TPSA) is 68.3 Å². The number of non-ortho nitro benzene ring substituents is 1. The first-order valence-electron chi connectivity index (χ1n) is 6.00. The Bertz CT molecular complexity index is 602. The highest BCUT2D eigenvalue weighted by Crippen LogP contribution is 2.22. The molecule has 1 heterocycles. The molecule has 0 aliphatic heterocycles. The van der Waals surface area contributed by atoms with Crippen LogP contribution in [0.2, 0.25) is 0 Å². The summed E-state index contributed by atoms with van der Waals surface area (Å²) in [7, 11) is 0. The van der Waals surface area contributed by atoms with Gasteiger partial charge in [-0.05, 0) is 24.3 Å². The molecule has 2 rings (SSSR count). The zero-order chi connectivity index (χ0) is 15.2. The third-order valence-electron chi connectivity index (χ3n) is 2.61. The van der Waals surface area contributed by atoms with E-state index in [4.69, 9.17) is 4.42 Å². The minimum atomic E-state index is -2.42. The number of nitrogens with one attached hydrogen (secondary N) is 1. The maximum absolute atomic E-state index is 12.0. The number of alkyl halides is 2. The number of hydrogen-bond donors (Lipinski definition) is 1. The molecule has 2 aromatic rings. The Labute approximate surface area is 123 Å². The summed E-state index contributed by atoms with van der Waals surface area (Å²) >= 11 is 0.505. The van der Waals surface area contributed by atoms with E-state index in [9.17, 15) is 18.9 Å². The Morgan fingerprint density at radius 1 is 1.19 bits per heavy atom. The van der Waals surface area contributed by atoms with Gasteiger partial charge in [0.2, 0.25) is 0 Å². The second-order valence-corrected chi connectivity index (χ2v) is 5.08. The molecule has 1 N–H and O–H groups in total. The van der Waals surface area contributed by atoms with Crippen molar-refractivity contribution in [3.63, 3.8) is 0 Å². The van der Waals surface area contributed by atoms with Crippen LogP contribution in [0.5, 0.6) is 0 Å². The predicted octanol–water partition coefficient (Wildman–Crippen LogP) is 4.26. The molecule has 1 aromatic heterocycles. The van der Waals surface area contributed by atoms with Gasteiger partial charge in [-0.15, -0.1) is 0 Å². The predicted molar refractivity (Wildman–Crippen MR) is 76.4 cm³/mol. The summed E-state index contributed by atoms with van der Waals surface area (Å²) in [6.07, 6.45) is 0. The van der Waals surface area contributed by atoms with E-state index in [0.717, 1.165) is 0 Å². The molecule has 112 valence electrons. The molecule has 21 heavy (non-hydrogen) atoms. The van der Waals surface area contributed by atoms with Crippen molar-refractivity contribution in [2.45, 2.75) is 18.1 Å². The molecule has 8 heteroatoms. The molecular weight excluding hydrogens is 302 g/mol. The highest BCUT2D eigenvalue weighted by atomic mass is 32.2. The molecule has 0 amide bonds. The van der Waals surface area contributed by atoms with Gasteiger partial charge in [-0.2, -0.15) is 8.78 Å². The fourth-order valence-electron chi connectivity index (χ4n) is 1.63. The average Bonchev–Trinajstić information content (AvgIpc) is 2.91. The first-order valence-corrected chi connectivity index (χ1v) is 7.05.